The minimum atomic E-state index is -1.27. The molecule has 3 aromatic rings. The number of thioether (sulfide) groups is 1. The number of benzene rings is 1. The minimum absolute atomic E-state index is 0. The van der Waals surface area contributed by atoms with E-state index in [4.69, 9.17) is 21.3 Å². The quantitative estimate of drug-likeness (QED) is 0.265. The van der Waals surface area contributed by atoms with Crippen molar-refractivity contribution < 1.29 is 44.2 Å². The number of likely N-dealkylation sites (N-methyl/N-ethyl adjacent to an activating group) is 1. The van der Waals surface area contributed by atoms with Crippen molar-refractivity contribution in [3.63, 3.8) is 0 Å². The van der Waals surface area contributed by atoms with Crippen LogP contribution in [-0.2, 0) is 16.1 Å². The van der Waals surface area contributed by atoms with Crippen LogP contribution in [0, 0.1) is 0 Å². The minimum Gasteiger partial charge on any atom is -0.548 e. The van der Waals surface area contributed by atoms with Crippen molar-refractivity contribution in [2.24, 2.45) is 0 Å². The summed E-state index contributed by atoms with van der Waals surface area (Å²) < 4.78 is 6.82. The number of aliphatic carboxylic acids is 1. The Morgan fingerprint density at radius 1 is 1.33 bits per heavy atom. The maximum Gasteiger partial charge on any atom is 1.00 e. The molecule has 1 aliphatic rings. The van der Waals surface area contributed by atoms with Gasteiger partial charge >= 0.3 is 29.6 Å². The van der Waals surface area contributed by atoms with E-state index in [0.29, 0.717) is 57.4 Å². The van der Waals surface area contributed by atoms with E-state index in [1.54, 1.807) is 24.3 Å². The molecule has 0 spiro atoms. The van der Waals surface area contributed by atoms with E-state index < -0.39 is 12.5 Å². The molecule has 10 heteroatoms. The van der Waals surface area contributed by atoms with Gasteiger partial charge in [0.05, 0.1) is 52.6 Å². The number of carboxylic acid groups (broad SMARTS) is 1. The standard InChI is InChI=1S/C20H20ClN3O4S.Na/c1-3-23(11-9-28-10-11)15-7-5-13-18(27)12-4-6-14(21)19(29-2)17(12)24(8-16(25)26)20(13)22-15;/h4-7,11H,3,8-10H2,1-2H3,(H,25,26);/q;+1/p-1. The summed E-state index contributed by atoms with van der Waals surface area (Å²) in [6, 6.07) is 7.00. The number of ether oxygens (including phenoxy) is 1. The number of nitrogens with zero attached hydrogens (tertiary/aromatic N) is 3. The van der Waals surface area contributed by atoms with Crippen LogP contribution in [0.3, 0.4) is 0 Å². The van der Waals surface area contributed by atoms with Crippen LogP contribution in [-0.4, -0.2) is 47.6 Å². The van der Waals surface area contributed by atoms with Gasteiger partial charge in [-0.05, 0) is 37.4 Å². The van der Waals surface area contributed by atoms with E-state index in [1.807, 2.05) is 13.2 Å². The molecule has 0 saturated carbocycles. The van der Waals surface area contributed by atoms with Crippen molar-refractivity contribution in [2.45, 2.75) is 24.4 Å². The van der Waals surface area contributed by atoms with Crippen molar-refractivity contribution in [1.29, 1.82) is 0 Å². The summed E-state index contributed by atoms with van der Waals surface area (Å²) in [6.45, 7) is 3.53. The molecule has 0 radical (unpaired) electrons. The topological polar surface area (TPSA) is 87.5 Å². The molecule has 0 N–H and O–H groups in total. The summed E-state index contributed by atoms with van der Waals surface area (Å²) in [7, 11) is 0. The fraction of sp³-hybridized carbons (Fsp3) is 0.350. The predicted molar refractivity (Wildman–Crippen MR) is 113 cm³/mol. The number of carboxylic acids is 1. The fourth-order valence-electron chi connectivity index (χ4n) is 3.72. The van der Waals surface area contributed by atoms with Gasteiger partial charge in [0, 0.05) is 11.9 Å². The number of anilines is 1. The number of carbonyl (C=O) groups excluding carboxylic acids is 1. The molecule has 0 amide bonds. The van der Waals surface area contributed by atoms with Gasteiger partial charge in [-0.25, -0.2) is 4.98 Å². The van der Waals surface area contributed by atoms with Crippen LogP contribution >= 0.6 is 23.4 Å². The third-order valence-corrected chi connectivity index (χ3v) is 6.39. The van der Waals surface area contributed by atoms with Crippen molar-refractivity contribution in [1.82, 2.24) is 9.55 Å². The van der Waals surface area contributed by atoms with Crippen LogP contribution in [0.5, 0.6) is 0 Å². The molecule has 0 atom stereocenters. The Morgan fingerprint density at radius 3 is 2.60 bits per heavy atom. The van der Waals surface area contributed by atoms with E-state index >= 15 is 0 Å². The molecule has 0 bridgehead atoms. The number of hydrogen-bond donors (Lipinski definition) is 0. The molecular weight excluding hydrogens is 437 g/mol. The average Bonchev–Trinajstić information content (AvgIpc) is 2.66. The third kappa shape index (κ3) is 3.97. The van der Waals surface area contributed by atoms with Crippen LogP contribution in [0.1, 0.15) is 6.92 Å². The molecule has 0 aliphatic carbocycles. The van der Waals surface area contributed by atoms with Gasteiger partial charge < -0.3 is 24.1 Å². The van der Waals surface area contributed by atoms with Crippen LogP contribution in [0.25, 0.3) is 21.9 Å². The second-order valence-electron chi connectivity index (χ2n) is 6.78. The number of pyridine rings is 2. The van der Waals surface area contributed by atoms with E-state index in [-0.39, 0.29) is 41.0 Å². The molecule has 152 valence electrons. The van der Waals surface area contributed by atoms with E-state index in [2.05, 4.69) is 4.90 Å². The van der Waals surface area contributed by atoms with E-state index in [1.165, 1.54) is 16.3 Å². The van der Waals surface area contributed by atoms with Crippen LogP contribution < -0.4 is 45.0 Å². The molecule has 1 aliphatic heterocycles. The number of carbonyl (C=O) groups is 1. The Balaban J connectivity index is 0.00000256. The Kier molecular flexibility index (Phi) is 7.37. The largest absolute Gasteiger partial charge is 1.00 e. The number of rotatable bonds is 6. The molecule has 30 heavy (non-hydrogen) atoms. The van der Waals surface area contributed by atoms with Gasteiger partial charge in [-0.3, -0.25) is 4.79 Å². The number of fused-ring (bicyclic) bond motifs is 2. The van der Waals surface area contributed by atoms with Crippen molar-refractivity contribution in [2.75, 3.05) is 30.9 Å². The van der Waals surface area contributed by atoms with Crippen LogP contribution in [0.15, 0.2) is 34.0 Å². The molecular formula is C20H19ClN3NaO4S. The normalized spacial score (nSPS) is 13.8. The van der Waals surface area contributed by atoms with Gasteiger partial charge in [0.1, 0.15) is 11.5 Å². The van der Waals surface area contributed by atoms with Crippen molar-refractivity contribution in [3.8, 4) is 0 Å². The first-order valence-corrected chi connectivity index (χ1v) is 10.8. The maximum atomic E-state index is 13.2. The summed E-state index contributed by atoms with van der Waals surface area (Å²) in [5.74, 6) is -0.595. The summed E-state index contributed by atoms with van der Waals surface area (Å²) >= 11 is 7.70. The molecule has 4 rings (SSSR count). The molecule has 1 saturated heterocycles. The average molecular weight is 456 g/mol. The second-order valence-corrected chi connectivity index (χ2v) is 8.01. The maximum absolute atomic E-state index is 13.2. The predicted octanol–water partition coefficient (Wildman–Crippen LogP) is -1.10. The van der Waals surface area contributed by atoms with Crippen molar-refractivity contribution >= 4 is 57.1 Å². The monoisotopic (exact) mass is 455 g/mol. The zero-order valence-electron chi connectivity index (χ0n) is 17.0. The Hall–Kier alpha value is -1.29. The zero-order valence-corrected chi connectivity index (χ0v) is 20.5. The molecule has 3 heterocycles. The Labute approximate surface area is 204 Å². The summed E-state index contributed by atoms with van der Waals surface area (Å²) in [6.07, 6.45) is 1.83. The van der Waals surface area contributed by atoms with Crippen molar-refractivity contribution in [3.05, 3.63) is 39.5 Å². The molecule has 2 aromatic heterocycles. The smallest absolute Gasteiger partial charge is 0.548 e. The first-order chi connectivity index (χ1) is 14.0. The van der Waals surface area contributed by atoms with Crippen LogP contribution in [0.4, 0.5) is 5.82 Å². The molecule has 0 unspecified atom stereocenters. The van der Waals surface area contributed by atoms with Gasteiger partial charge in [0.2, 0.25) is 0 Å². The number of hydrogen-bond acceptors (Lipinski definition) is 7. The fourth-order valence-corrected chi connectivity index (χ4v) is 4.78. The SMILES string of the molecule is CCN(c1ccc2c(=O)c3ccc(Cl)c(SC)c3n(CC(=O)[O-])c2n1)C1COC1.[Na+]. The van der Waals surface area contributed by atoms with Gasteiger partial charge in [0.15, 0.2) is 5.43 Å². The number of aromatic nitrogens is 2. The van der Waals surface area contributed by atoms with Gasteiger partial charge in [-0.1, -0.05) is 11.6 Å². The first-order valence-electron chi connectivity index (χ1n) is 9.20. The molecule has 7 nitrogen and oxygen atoms in total. The zero-order chi connectivity index (χ0) is 20.7. The molecule has 1 aromatic carbocycles. The Bertz CT molecular complexity index is 1180. The summed E-state index contributed by atoms with van der Waals surface area (Å²) in [5, 5.41) is 12.8. The van der Waals surface area contributed by atoms with Gasteiger partial charge in [-0.15, -0.1) is 11.8 Å². The third-order valence-electron chi connectivity index (χ3n) is 5.15. The van der Waals surface area contributed by atoms with Crippen LogP contribution in [0.2, 0.25) is 5.02 Å². The summed E-state index contributed by atoms with van der Waals surface area (Å²) in [4.78, 5) is 32.2. The van der Waals surface area contributed by atoms with E-state index in [9.17, 15) is 14.7 Å². The second kappa shape index (κ2) is 9.46. The van der Waals surface area contributed by atoms with Gasteiger partial charge in [0.25, 0.3) is 0 Å². The van der Waals surface area contributed by atoms with E-state index in [0.717, 1.165) is 0 Å². The summed E-state index contributed by atoms with van der Waals surface area (Å²) in [5.41, 5.74) is 0.567. The molecule has 1 fully saturated rings. The van der Waals surface area contributed by atoms with Gasteiger partial charge in [-0.2, -0.15) is 0 Å². The first kappa shape index (κ1) is 23.4. The number of halogens is 1. The Morgan fingerprint density at radius 2 is 2.03 bits per heavy atom.